The third-order valence-corrected chi connectivity index (χ3v) is 9.85. The molecule has 0 saturated heterocycles. The van der Waals surface area contributed by atoms with Crippen molar-refractivity contribution < 1.29 is 9.90 Å². The maximum atomic E-state index is 12.9. The van der Waals surface area contributed by atoms with Gasteiger partial charge in [0.25, 0.3) is 0 Å². The number of carbonyl (C=O) groups is 1. The number of unbranched alkanes of at least 4 members (excludes halogenated alkanes) is 21. The van der Waals surface area contributed by atoms with E-state index in [2.05, 4.69) is 52.0 Å². The molecule has 0 aromatic heterocycles. The maximum Gasteiger partial charge on any atom is 0.309 e. The van der Waals surface area contributed by atoms with E-state index in [1.54, 1.807) is 0 Å². The van der Waals surface area contributed by atoms with Crippen molar-refractivity contribution >= 4 is 5.97 Å². The van der Waals surface area contributed by atoms with E-state index in [4.69, 9.17) is 0 Å². The van der Waals surface area contributed by atoms with E-state index in [9.17, 15) is 9.90 Å². The topological polar surface area (TPSA) is 37.3 Å². The largest absolute Gasteiger partial charge is 0.481 e. The lowest BCUT2D eigenvalue weighted by atomic mass is 9.68. The average Bonchev–Trinajstić information content (AvgIpc) is 2.99. The number of aliphatic carboxylic acids is 1. The molecule has 2 unspecified atom stereocenters. The first-order valence-electron chi connectivity index (χ1n) is 18.8. The smallest absolute Gasteiger partial charge is 0.309 e. The van der Waals surface area contributed by atoms with Crippen molar-refractivity contribution in [1.29, 1.82) is 0 Å². The van der Waals surface area contributed by atoms with Crippen molar-refractivity contribution in [3.05, 3.63) is 35.4 Å². The minimum Gasteiger partial charge on any atom is -0.481 e. The zero-order valence-corrected chi connectivity index (χ0v) is 28.8. The summed E-state index contributed by atoms with van der Waals surface area (Å²) in [6.45, 7) is 8.87. The summed E-state index contributed by atoms with van der Waals surface area (Å²) in [4.78, 5) is 12.9. The van der Waals surface area contributed by atoms with Crippen molar-refractivity contribution in [3.8, 4) is 0 Å². The predicted molar refractivity (Wildman–Crippen MR) is 186 cm³/mol. The number of rotatable bonds is 30. The van der Waals surface area contributed by atoms with Crippen molar-refractivity contribution in [2.75, 3.05) is 0 Å². The highest BCUT2D eigenvalue weighted by atomic mass is 16.4. The van der Waals surface area contributed by atoms with Gasteiger partial charge in [-0.15, -0.1) is 0 Å². The van der Waals surface area contributed by atoms with Crippen LogP contribution in [0.15, 0.2) is 24.3 Å². The Kier molecular flexibility index (Phi) is 24.1. The van der Waals surface area contributed by atoms with Crippen LogP contribution in [-0.2, 0) is 11.2 Å². The lowest BCUT2D eigenvalue weighted by Crippen LogP contribution is -2.34. The van der Waals surface area contributed by atoms with E-state index in [0.29, 0.717) is 0 Å². The summed E-state index contributed by atoms with van der Waals surface area (Å²) in [5.41, 5.74) is 1.95. The van der Waals surface area contributed by atoms with E-state index < -0.39 is 11.4 Å². The van der Waals surface area contributed by atoms with Gasteiger partial charge >= 0.3 is 5.97 Å². The van der Waals surface area contributed by atoms with Gasteiger partial charge in [0.2, 0.25) is 0 Å². The minimum absolute atomic E-state index is 0.0944. The van der Waals surface area contributed by atoms with Gasteiger partial charge in [-0.25, -0.2) is 0 Å². The number of benzene rings is 1. The second kappa shape index (κ2) is 26.1. The Labute approximate surface area is 263 Å². The van der Waals surface area contributed by atoms with Gasteiger partial charge in [-0.3, -0.25) is 4.79 Å². The molecule has 2 nitrogen and oxygen atoms in total. The van der Waals surface area contributed by atoms with Crippen molar-refractivity contribution in [2.45, 2.75) is 207 Å². The molecule has 0 saturated carbocycles. The van der Waals surface area contributed by atoms with Gasteiger partial charge in [0.05, 0.1) is 5.41 Å². The lowest BCUT2D eigenvalue weighted by molar-refractivity contribution is -0.150. The molecule has 1 aromatic rings. The molecule has 0 aliphatic heterocycles. The Morgan fingerprint density at radius 3 is 1.38 bits per heavy atom. The number of carboxylic acid groups (broad SMARTS) is 1. The van der Waals surface area contributed by atoms with Crippen LogP contribution in [0.5, 0.6) is 0 Å². The van der Waals surface area contributed by atoms with Gasteiger partial charge in [0, 0.05) is 0 Å². The predicted octanol–water partition coefficient (Wildman–Crippen LogP) is 13.6. The fourth-order valence-corrected chi connectivity index (χ4v) is 6.77. The van der Waals surface area contributed by atoms with Crippen LogP contribution < -0.4 is 0 Å². The average molecular weight is 585 g/mol. The van der Waals surface area contributed by atoms with Crippen LogP contribution in [0, 0.1) is 5.41 Å². The fraction of sp³-hybridized carbons (Fsp3) is 0.825. The summed E-state index contributed by atoms with van der Waals surface area (Å²) in [5.74, 6) is -0.504. The highest BCUT2D eigenvalue weighted by Gasteiger charge is 2.41. The Bertz CT molecular complexity index is 739. The summed E-state index contributed by atoms with van der Waals surface area (Å²) >= 11 is 0. The molecule has 0 radical (unpaired) electrons. The third kappa shape index (κ3) is 17.7. The molecule has 0 fully saturated rings. The molecule has 0 aliphatic rings. The molecule has 1 N–H and O–H groups in total. The quantitative estimate of drug-likeness (QED) is 0.0913. The van der Waals surface area contributed by atoms with Crippen LogP contribution in [0.3, 0.4) is 0 Å². The highest BCUT2D eigenvalue weighted by molar-refractivity contribution is 5.75. The summed E-state index contributed by atoms with van der Waals surface area (Å²) in [6.07, 6.45) is 34.2. The number of aryl methyl sites for hydroxylation is 1. The van der Waals surface area contributed by atoms with Gasteiger partial charge in [-0.05, 0) is 49.7 Å². The summed E-state index contributed by atoms with van der Waals surface area (Å²) < 4.78 is 0. The number of hydrogen-bond donors (Lipinski definition) is 1. The monoisotopic (exact) mass is 585 g/mol. The summed E-state index contributed by atoms with van der Waals surface area (Å²) in [6, 6.07) is 9.09. The molecule has 0 spiro atoms. The van der Waals surface area contributed by atoms with Crippen LogP contribution in [0.25, 0.3) is 0 Å². The summed E-state index contributed by atoms with van der Waals surface area (Å²) in [7, 11) is 0. The first-order chi connectivity index (χ1) is 20.5. The Balaban J connectivity index is 2.64. The molecule has 2 atom stereocenters. The number of carboxylic acids is 1. The van der Waals surface area contributed by atoms with Crippen LogP contribution >= 0.6 is 0 Å². The second-order valence-electron chi connectivity index (χ2n) is 13.7. The minimum atomic E-state index is -0.692. The maximum absolute atomic E-state index is 12.9. The Morgan fingerprint density at radius 1 is 0.571 bits per heavy atom. The molecular formula is C40H72O2. The molecule has 244 valence electrons. The van der Waals surface area contributed by atoms with Crippen LogP contribution in [0.4, 0.5) is 0 Å². The molecule has 1 aromatic carbocycles. The third-order valence-electron chi connectivity index (χ3n) is 9.85. The van der Waals surface area contributed by atoms with E-state index in [0.717, 1.165) is 32.1 Å². The molecule has 42 heavy (non-hydrogen) atoms. The molecule has 0 amide bonds. The Morgan fingerprint density at radius 2 is 0.952 bits per heavy atom. The molecule has 1 rings (SSSR count). The highest BCUT2D eigenvalue weighted by Crippen LogP contribution is 2.44. The van der Waals surface area contributed by atoms with Gasteiger partial charge in [0.15, 0.2) is 0 Å². The second-order valence-corrected chi connectivity index (χ2v) is 13.7. The molecule has 0 bridgehead atoms. The van der Waals surface area contributed by atoms with Crippen LogP contribution in [0.1, 0.15) is 212 Å². The first kappa shape index (κ1) is 38.7. The van der Waals surface area contributed by atoms with Gasteiger partial charge < -0.3 is 5.11 Å². The SMILES string of the molecule is CCCCCCCCCCCCCCC(C)(C(=O)O)C(CCCCCCCCCCC)c1ccc(CCCCC)cc1. The van der Waals surface area contributed by atoms with Crippen LogP contribution in [-0.4, -0.2) is 11.1 Å². The standard InChI is InChI=1S/C40H72O2/c1-5-8-11-13-15-17-18-19-21-23-25-28-35-40(4,39(41)42)38(30-27-24-22-20-16-14-12-9-6-2)37-33-31-36(32-34-37)29-26-10-7-3/h31-34,38H,5-30,35H2,1-4H3,(H,41,42). The molecular weight excluding hydrogens is 512 g/mol. The normalized spacial score (nSPS) is 13.7. The zero-order valence-electron chi connectivity index (χ0n) is 28.8. The van der Waals surface area contributed by atoms with E-state index in [1.165, 1.54) is 152 Å². The zero-order chi connectivity index (χ0) is 30.7. The Hall–Kier alpha value is -1.31. The van der Waals surface area contributed by atoms with Crippen LogP contribution in [0.2, 0.25) is 0 Å². The van der Waals surface area contributed by atoms with Gasteiger partial charge in [0.1, 0.15) is 0 Å². The molecule has 0 heterocycles. The molecule has 0 aliphatic carbocycles. The van der Waals surface area contributed by atoms with E-state index in [1.807, 2.05) is 0 Å². The first-order valence-corrected chi connectivity index (χ1v) is 18.8. The fourth-order valence-electron chi connectivity index (χ4n) is 6.77. The van der Waals surface area contributed by atoms with E-state index in [-0.39, 0.29) is 5.92 Å². The van der Waals surface area contributed by atoms with E-state index >= 15 is 0 Å². The van der Waals surface area contributed by atoms with Crippen molar-refractivity contribution in [3.63, 3.8) is 0 Å². The van der Waals surface area contributed by atoms with Crippen molar-refractivity contribution in [2.24, 2.45) is 5.41 Å². The number of hydrogen-bond acceptors (Lipinski definition) is 1. The van der Waals surface area contributed by atoms with Gasteiger partial charge in [-0.1, -0.05) is 193 Å². The van der Waals surface area contributed by atoms with Gasteiger partial charge in [-0.2, -0.15) is 0 Å². The van der Waals surface area contributed by atoms with Crippen molar-refractivity contribution in [1.82, 2.24) is 0 Å². The molecule has 2 heteroatoms. The lowest BCUT2D eigenvalue weighted by Gasteiger charge is -2.35. The summed E-state index contributed by atoms with van der Waals surface area (Å²) in [5, 5.41) is 10.6.